The molecule has 124 valence electrons. The van der Waals surface area contributed by atoms with Crippen molar-refractivity contribution in [2.24, 2.45) is 0 Å². The molecule has 0 amide bonds. The van der Waals surface area contributed by atoms with Crippen LogP contribution in [0.4, 0.5) is 10.1 Å². The predicted octanol–water partition coefficient (Wildman–Crippen LogP) is 4.36. The van der Waals surface area contributed by atoms with E-state index in [-0.39, 0.29) is 5.82 Å². The minimum absolute atomic E-state index is 0.300. The lowest BCUT2D eigenvalue weighted by Gasteiger charge is -2.28. The fourth-order valence-electron chi connectivity index (χ4n) is 3.21. The minimum Gasteiger partial charge on any atom is -0.478 e. The molecule has 0 saturated carbocycles. The van der Waals surface area contributed by atoms with E-state index >= 15 is 0 Å². The first-order chi connectivity index (χ1) is 11.5. The predicted molar refractivity (Wildman–Crippen MR) is 94.7 cm³/mol. The third-order valence-corrected chi connectivity index (χ3v) is 4.50. The van der Waals surface area contributed by atoms with Gasteiger partial charge in [0.05, 0.1) is 0 Å². The number of rotatable bonds is 3. The number of anilines is 1. The average Bonchev–Trinajstić information content (AvgIpc) is 2.54. The smallest absolute Gasteiger partial charge is 0.328 e. The van der Waals surface area contributed by atoms with E-state index in [9.17, 15) is 9.18 Å². The Morgan fingerprint density at radius 2 is 2.04 bits per heavy atom. The molecular formula is C20H20FNO2. The maximum absolute atomic E-state index is 14.3. The van der Waals surface area contributed by atoms with E-state index in [1.54, 1.807) is 19.1 Å². The summed E-state index contributed by atoms with van der Waals surface area (Å²) >= 11 is 0. The molecule has 0 bridgehead atoms. The van der Waals surface area contributed by atoms with E-state index in [0.29, 0.717) is 16.7 Å². The third kappa shape index (κ3) is 3.18. The summed E-state index contributed by atoms with van der Waals surface area (Å²) in [5, 5.41) is 8.89. The van der Waals surface area contributed by atoms with Crippen LogP contribution in [0.1, 0.15) is 24.5 Å². The van der Waals surface area contributed by atoms with Crippen LogP contribution in [0.5, 0.6) is 0 Å². The second-order valence-corrected chi connectivity index (χ2v) is 6.23. The second kappa shape index (κ2) is 6.48. The highest BCUT2D eigenvalue weighted by molar-refractivity contribution is 5.90. The first-order valence-electron chi connectivity index (χ1n) is 8.01. The number of hydrogen-bond donors (Lipinski definition) is 1. The molecule has 1 heterocycles. The maximum Gasteiger partial charge on any atom is 0.328 e. The Morgan fingerprint density at radius 3 is 2.79 bits per heavy atom. The molecule has 1 N–H and O–H groups in total. The summed E-state index contributed by atoms with van der Waals surface area (Å²) < 4.78 is 14.3. The first kappa shape index (κ1) is 16.2. The zero-order valence-corrected chi connectivity index (χ0v) is 13.8. The molecule has 0 aromatic heterocycles. The van der Waals surface area contributed by atoms with Gasteiger partial charge in [-0.3, -0.25) is 0 Å². The third-order valence-electron chi connectivity index (χ3n) is 4.50. The van der Waals surface area contributed by atoms with E-state index in [0.717, 1.165) is 31.0 Å². The number of nitrogens with zero attached hydrogens (tertiary/aromatic N) is 1. The maximum atomic E-state index is 14.3. The number of benzene rings is 2. The standard InChI is InChI=1S/C20H20FNO2/c1-13(10-20(23)24)14-5-7-18(21)17(12-14)15-6-8-19-16(11-15)4-3-9-22(19)2/h5-8,10-12H,3-4,9H2,1-2H3,(H,23,24)/b13-10+. The van der Waals surface area contributed by atoms with Gasteiger partial charge in [0, 0.05) is 30.9 Å². The molecule has 0 unspecified atom stereocenters. The highest BCUT2D eigenvalue weighted by Crippen LogP contribution is 2.33. The fourth-order valence-corrected chi connectivity index (χ4v) is 3.21. The van der Waals surface area contributed by atoms with Gasteiger partial charge in [0.2, 0.25) is 0 Å². The summed E-state index contributed by atoms with van der Waals surface area (Å²) in [6.07, 6.45) is 3.22. The van der Waals surface area contributed by atoms with Crippen molar-refractivity contribution in [3.63, 3.8) is 0 Å². The van der Waals surface area contributed by atoms with Crippen molar-refractivity contribution in [3.8, 4) is 11.1 Å². The zero-order valence-electron chi connectivity index (χ0n) is 13.8. The van der Waals surface area contributed by atoms with Gasteiger partial charge in [0.15, 0.2) is 0 Å². The van der Waals surface area contributed by atoms with Crippen molar-refractivity contribution in [2.75, 3.05) is 18.5 Å². The number of fused-ring (bicyclic) bond motifs is 1. The Labute approximate surface area is 141 Å². The van der Waals surface area contributed by atoms with E-state index in [4.69, 9.17) is 5.11 Å². The van der Waals surface area contributed by atoms with E-state index < -0.39 is 5.97 Å². The molecule has 0 radical (unpaired) electrons. The van der Waals surface area contributed by atoms with Crippen LogP contribution in [0.3, 0.4) is 0 Å². The van der Waals surface area contributed by atoms with Gasteiger partial charge < -0.3 is 10.0 Å². The summed E-state index contributed by atoms with van der Waals surface area (Å²) in [5.41, 5.74) is 5.06. The summed E-state index contributed by atoms with van der Waals surface area (Å²) in [6.45, 7) is 2.75. The lowest BCUT2D eigenvalue weighted by molar-refractivity contribution is -0.131. The average molecular weight is 325 g/mol. The quantitative estimate of drug-likeness (QED) is 0.852. The molecule has 0 atom stereocenters. The van der Waals surface area contributed by atoms with Crippen molar-refractivity contribution in [1.82, 2.24) is 0 Å². The summed E-state index contributed by atoms with van der Waals surface area (Å²) in [5.74, 6) is -1.30. The number of hydrogen-bond acceptors (Lipinski definition) is 2. The van der Waals surface area contributed by atoms with Crippen molar-refractivity contribution in [3.05, 3.63) is 59.4 Å². The van der Waals surface area contributed by atoms with Crippen LogP contribution in [0.15, 0.2) is 42.5 Å². The minimum atomic E-state index is -1.00. The molecule has 4 heteroatoms. The summed E-state index contributed by atoms with van der Waals surface area (Å²) in [4.78, 5) is 13.1. The highest BCUT2D eigenvalue weighted by atomic mass is 19.1. The van der Waals surface area contributed by atoms with Crippen LogP contribution in [-0.4, -0.2) is 24.7 Å². The van der Waals surface area contributed by atoms with Crippen molar-refractivity contribution in [2.45, 2.75) is 19.8 Å². The molecule has 3 nitrogen and oxygen atoms in total. The first-order valence-corrected chi connectivity index (χ1v) is 8.01. The number of allylic oxidation sites excluding steroid dienone is 1. The van der Waals surface area contributed by atoms with Crippen LogP contribution in [0, 0.1) is 5.82 Å². The van der Waals surface area contributed by atoms with Crippen LogP contribution in [-0.2, 0) is 11.2 Å². The normalized spacial score (nSPS) is 14.5. The fraction of sp³-hybridized carbons (Fsp3) is 0.250. The van der Waals surface area contributed by atoms with E-state index in [1.165, 1.54) is 17.3 Å². The number of carboxylic acid groups (broad SMARTS) is 1. The van der Waals surface area contributed by atoms with Gasteiger partial charge in [0.25, 0.3) is 0 Å². The SMILES string of the molecule is C/C(=C\C(=O)O)c1ccc(F)c(-c2ccc3c(c2)CCCN3C)c1. The largest absolute Gasteiger partial charge is 0.478 e. The molecule has 1 aliphatic heterocycles. The molecule has 0 spiro atoms. The Kier molecular flexibility index (Phi) is 4.38. The molecule has 0 aliphatic carbocycles. The van der Waals surface area contributed by atoms with Gasteiger partial charge in [-0.25, -0.2) is 9.18 Å². The van der Waals surface area contributed by atoms with E-state index in [1.807, 2.05) is 18.2 Å². The zero-order chi connectivity index (χ0) is 17.3. The molecular weight excluding hydrogens is 305 g/mol. The number of carboxylic acids is 1. The Morgan fingerprint density at radius 1 is 1.25 bits per heavy atom. The Balaban J connectivity index is 2.05. The van der Waals surface area contributed by atoms with Gasteiger partial charge in [0.1, 0.15) is 5.82 Å². The number of aryl methyl sites for hydroxylation is 1. The van der Waals surface area contributed by atoms with E-state index in [2.05, 4.69) is 11.9 Å². The lowest BCUT2D eigenvalue weighted by Crippen LogP contribution is -2.24. The summed E-state index contributed by atoms with van der Waals surface area (Å²) in [7, 11) is 2.07. The molecule has 1 aliphatic rings. The number of halogens is 1. The van der Waals surface area contributed by atoms with Crippen molar-refractivity contribution < 1.29 is 14.3 Å². The molecule has 2 aromatic carbocycles. The van der Waals surface area contributed by atoms with Crippen LogP contribution in [0.25, 0.3) is 16.7 Å². The molecule has 3 rings (SSSR count). The van der Waals surface area contributed by atoms with Gasteiger partial charge in [-0.1, -0.05) is 12.1 Å². The monoisotopic (exact) mass is 325 g/mol. The second-order valence-electron chi connectivity index (χ2n) is 6.23. The van der Waals surface area contributed by atoms with Crippen molar-refractivity contribution in [1.29, 1.82) is 0 Å². The lowest BCUT2D eigenvalue weighted by atomic mass is 9.94. The van der Waals surface area contributed by atoms with Crippen molar-refractivity contribution >= 4 is 17.2 Å². The van der Waals surface area contributed by atoms with Gasteiger partial charge in [-0.2, -0.15) is 0 Å². The Hall–Kier alpha value is -2.62. The number of aliphatic carboxylic acids is 1. The van der Waals surface area contributed by atoms with Gasteiger partial charge in [-0.05, 0) is 66.3 Å². The number of carbonyl (C=O) groups is 1. The highest BCUT2D eigenvalue weighted by Gasteiger charge is 2.15. The van der Waals surface area contributed by atoms with Crippen LogP contribution >= 0.6 is 0 Å². The van der Waals surface area contributed by atoms with Gasteiger partial charge >= 0.3 is 5.97 Å². The van der Waals surface area contributed by atoms with Crippen LogP contribution in [0.2, 0.25) is 0 Å². The molecule has 24 heavy (non-hydrogen) atoms. The van der Waals surface area contributed by atoms with Gasteiger partial charge in [-0.15, -0.1) is 0 Å². The van der Waals surface area contributed by atoms with Crippen LogP contribution < -0.4 is 4.90 Å². The summed E-state index contributed by atoms with van der Waals surface area (Å²) in [6, 6.07) is 10.7. The molecule has 2 aromatic rings. The molecule has 0 saturated heterocycles. The topological polar surface area (TPSA) is 40.5 Å². The Bertz CT molecular complexity index is 826. The molecule has 0 fully saturated rings.